The Hall–Kier alpha value is -1.10. The van der Waals surface area contributed by atoms with Gasteiger partial charge in [-0.05, 0) is 34.2 Å². The van der Waals surface area contributed by atoms with Crippen molar-refractivity contribution in [2.75, 3.05) is 20.2 Å². The molecule has 106 valence electrons. The first-order valence-corrected chi connectivity index (χ1v) is 6.34. The Morgan fingerprint density at radius 3 is 2.28 bits per heavy atom. The van der Waals surface area contributed by atoms with Gasteiger partial charge in [-0.15, -0.1) is 0 Å². The quantitative estimate of drug-likeness (QED) is 0.727. The summed E-state index contributed by atoms with van der Waals surface area (Å²) < 4.78 is 4.60. The van der Waals surface area contributed by atoms with Crippen molar-refractivity contribution in [1.29, 1.82) is 0 Å². The van der Waals surface area contributed by atoms with Gasteiger partial charge < -0.3 is 10.1 Å². The molecule has 1 unspecified atom stereocenters. The molecule has 0 aliphatic carbocycles. The number of methoxy groups -OCH3 is 1. The number of amides is 1. The molecular weight excluding hydrogens is 232 g/mol. The van der Waals surface area contributed by atoms with Gasteiger partial charge in [0.1, 0.15) is 0 Å². The summed E-state index contributed by atoms with van der Waals surface area (Å²) in [5.41, 5.74) is -0.243. The number of ether oxygens (including phenoxy) is 1. The van der Waals surface area contributed by atoms with E-state index in [2.05, 4.69) is 10.1 Å². The second kappa shape index (κ2) is 7.36. The highest BCUT2D eigenvalue weighted by Crippen LogP contribution is 2.05. The largest absolute Gasteiger partial charge is 0.469 e. The molecule has 0 aliphatic heterocycles. The van der Waals surface area contributed by atoms with Crippen LogP contribution >= 0.6 is 0 Å². The Labute approximate surface area is 110 Å². The van der Waals surface area contributed by atoms with Crippen molar-refractivity contribution in [3.63, 3.8) is 0 Å². The van der Waals surface area contributed by atoms with Gasteiger partial charge >= 0.3 is 5.97 Å². The van der Waals surface area contributed by atoms with Gasteiger partial charge in [-0.3, -0.25) is 14.5 Å². The van der Waals surface area contributed by atoms with Gasteiger partial charge in [0.2, 0.25) is 5.91 Å². The number of likely N-dealkylation sites (N-methyl/N-ethyl adjacent to an activating group) is 1. The number of nitrogens with one attached hydrogen (secondary N) is 1. The zero-order chi connectivity index (χ0) is 14.3. The molecule has 0 spiro atoms. The maximum Gasteiger partial charge on any atom is 0.306 e. The SMILES string of the molecule is CCN(CCC(=O)OC)C(C)C(=O)NC(C)(C)C. The predicted octanol–water partition coefficient (Wildman–Crippen LogP) is 1.17. The molecule has 18 heavy (non-hydrogen) atoms. The standard InChI is InChI=1S/C13H26N2O3/c1-7-15(9-8-11(16)18-6)10(2)12(17)14-13(3,4)5/h10H,7-9H2,1-6H3,(H,14,17). The van der Waals surface area contributed by atoms with E-state index in [0.717, 1.165) is 6.54 Å². The summed E-state index contributed by atoms with van der Waals surface area (Å²) in [5, 5.41) is 2.94. The molecule has 1 amide bonds. The third kappa shape index (κ3) is 6.59. The Morgan fingerprint density at radius 1 is 1.33 bits per heavy atom. The minimum Gasteiger partial charge on any atom is -0.469 e. The monoisotopic (exact) mass is 258 g/mol. The maximum absolute atomic E-state index is 12.0. The van der Waals surface area contributed by atoms with Crippen LogP contribution in [0.2, 0.25) is 0 Å². The van der Waals surface area contributed by atoms with Crippen molar-refractivity contribution in [3.8, 4) is 0 Å². The van der Waals surface area contributed by atoms with Crippen LogP contribution in [0.15, 0.2) is 0 Å². The number of carbonyl (C=O) groups excluding carboxylic acids is 2. The smallest absolute Gasteiger partial charge is 0.306 e. The fraction of sp³-hybridized carbons (Fsp3) is 0.846. The van der Waals surface area contributed by atoms with Gasteiger partial charge in [-0.2, -0.15) is 0 Å². The predicted molar refractivity (Wildman–Crippen MR) is 71.2 cm³/mol. The molecule has 0 aromatic rings. The average Bonchev–Trinajstić information content (AvgIpc) is 2.26. The van der Waals surface area contributed by atoms with Crippen LogP contribution in [-0.2, 0) is 14.3 Å². The molecule has 1 atom stereocenters. The summed E-state index contributed by atoms with van der Waals surface area (Å²) >= 11 is 0. The van der Waals surface area contributed by atoms with Gasteiger partial charge in [-0.25, -0.2) is 0 Å². The molecule has 0 aliphatic rings. The number of rotatable bonds is 6. The van der Waals surface area contributed by atoms with Crippen LogP contribution in [-0.4, -0.2) is 48.6 Å². The van der Waals surface area contributed by atoms with E-state index in [1.54, 1.807) is 0 Å². The first-order chi connectivity index (χ1) is 8.21. The minimum atomic E-state index is -0.253. The Bertz CT molecular complexity index is 284. The summed E-state index contributed by atoms with van der Waals surface area (Å²) in [6, 6.07) is -0.251. The van der Waals surface area contributed by atoms with Crippen LogP contribution in [0.25, 0.3) is 0 Å². The number of carbonyl (C=O) groups is 2. The van der Waals surface area contributed by atoms with Gasteiger partial charge in [-0.1, -0.05) is 6.92 Å². The lowest BCUT2D eigenvalue weighted by Gasteiger charge is -2.30. The van der Waals surface area contributed by atoms with Crippen LogP contribution < -0.4 is 5.32 Å². The van der Waals surface area contributed by atoms with Crippen molar-refractivity contribution in [2.45, 2.75) is 52.6 Å². The number of hydrogen-bond donors (Lipinski definition) is 1. The second-order valence-corrected chi connectivity index (χ2v) is 5.37. The van der Waals surface area contributed by atoms with Crippen LogP contribution in [0.4, 0.5) is 0 Å². The zero-order valence-corrected chi connectivity index (χ0v) is 12.4. The molecule has 0 heterocycles. The third-order valence-electron chi connectivity index (χ3n) is 2.66. The molecule has 0 radical (unpaired) electrons. The van der Waals surface area contributed by atoms with E-state index >= 15 is 0 Å². The lowest BCUT2D eigenvalue weighted by atomic mass is 10.1. The topological polar surface area (TPSA) is 58.6 Å². The molecule has 0 aromatic carbocycles. The van der Waals surface area contributed by atoms with Crippen LogP contribution in [0.3, 0.4) is 0 Å². The lowest BCUT2D eigenvalue weighted by molar-refractivity contribution is -0.141. The summed E-state index contributed by atoms with van der Waals surface area (Å²) in [4.78, 5) is 25.1. The lowest BCUT2D eigenvalue weighted by Crippen LogP contribution is -2.51. The highest BCUT2D eigenvalue weighted by Gasteiger charge is 2.23. The molecule has 0 rings (SSSR count). The van der Waals surface area contributed by atoms with E-state index in [1.165, 1.54) is 7.11 Å². The maximum atomic E-state index is 12.0. The van der Waals surface area contributed by atoms with Crippen molar-refractivity contribution in [2.24, 2.45) is 0 Å². The average molecular weight is 258 g/mol. The van der Waals surface area contributed by atoms with E-state index in [1.807, 2.05) is 39.5 Å². The van der Waals surface area contributed by atoms with Crippen LogP contribution in [0.5, 0.6) is 0 Å². The van der Waals surface area contributed by atoms with Crippen LogP contribution in [0, 0.1) is 0 Å². The van der Waals surface area contributed by atoms with Crippen molar-refractivity contribution >= 4 is 11.9 Å². The molecular formula is C13H26N2O3. The fourth-order valence-corrected chi connectivity index (χ4v) is 1.60. The highest BCUT2D eigenvalue weighted by atomic mass is 16.5. The van der Waals surface area contributed by atoms with E-state index in [-0.39, 0.29) is 23.5 Å². The zero-order valence-electron chi connectivity index (χ0n) is 12.4. The van der Waals surface area contributed by atoms with Crippen molar-refractivity contribution < 1.29 is 14.3 Å². The number of nitrogens with zero attached hydrogens (tertiary/aromatic N) is 1. The number of hydrogen-bond acceptors (Lipinski definition) is 4. The van der Waals surface area contributed by atoms with Gasteiger partial charge in [0.15, 0.2) is 0 Å². The molecule has 0 bridgehead atoms. The Balaban J connectivity index is 4.37. The summed E-state index contributed by atoms with van der Waals surface area (Å²) in [6.07, 6.45) is 0.303. The molecule has 0 aromatic heterocycles. The normalized spacial score (nSPS) is 13.3. The Kier molecular flexibility index (Phi) is 6.91. The van der Waals surface area contributed by atoms with Crippen molar-refractivity contribution in [3.05, 3.63) is 0 Å². The first kappa shape index (κ1) is 16.9. The minimum absolute atomic E-state index is 0.0192. The molecule has 5 nitrogen and oxygen atoms in total. The number of esters is 1. The molecule has 5 heteroatoms. The van der Waals surface area contributed by atoms with Gasteiger partial charge in [0, 0.05) is 12.1 Å². The molecule has 0 saturated heterocycles. The summed E-state index contributed by atoms with van der Waals surface area (Å²) in [7, 11) is 1.37. The Morgan fingerprint density at radius 2 is 1.89 bits per heavy atom. The fourth-order valence-electron chi connectivity index (χ4n) is 1.60. The summed E-state index contributed by atoms with van der Waals surface area (Å²) in [6.45, 7) is 10.9. The highest BCUT2D eigenvalue weighted by molar-refractivity contribution is 5.82. The molecule has 0 fully saturated rings. The second-order valence-electron chi connectivity index (χ2n) is 5.37. The van der Waals surface area contributed by atoms with E-state index in [0.29, 0.717) is 13.0 Å². The van der Waals surface area contributed by atoms with Gasteiger partial charge in [0.05, 0.1) is 19.6 Å². The van der Waals surface area contributed by atoms with E-state index in [9.17, 15) is 9.59 Å². The first-order valence-electron chi connectivity index (χ1n) is 6.34. The third-order valence-corrected chi connectivity index (χ3v) is 2.66. The summed E-state index contributed by atoms with van der Waals surface area (Å²) in [5.74, 6) is -0.272. The molecule has 0 saturated carbocycles. The van der Waals surface area contributed by atoms with E-state index in [4.69, 9.17) is 0 Å². The van der Waals surface area contributed by atoms with Crippen molar-refractivity contribution in [1.82, 2.24) is 10.2 Å². The van der Waals surface area contributed by atoms with E-state index < -0.39 is 0 Å². The van der Waals surface area contributed by atoms with Crippen LogP contribution in [0.1, 0.15) is 41.0 Å². The molecule has 1 N–H and O–H groups in total. The van der Waals surface area contributed by atoms with Gasteiger partial charge in [0.25, 0.3) is 0 Å².